The van der Waals surface area contributed by atoms with Crippen LogP contribution < -0.4 is 5.32 Å². The second kappa shape index (κ2) is 7.29. The van der Waals surface area contributed by atoms with Crippen molar-refractivity contribution in [1.29, 1.82) is 0 Å². The van der Waals surface area contributed by atoms with E-state index in [2.05, 4.69) is 48.4 Å². The number of nitrogens with one attached hydrogen (secondary N) is 1. The van der Waals surface area contributed by atoms with Crippen molar-refractivity contribution >= 4 is 16.5 Å². The zero-order valence-corrected chi connectivity index (χ0v) is 12.6. The molecule has 2 nitrogen and oxygen atoms in total. The van der Waals surface area contributed by atoms with E-state index in [1.165, 1.54) is 35.3 Å². The van der Waals surface area contributed by atoms with Gasteiger partial charge in [0.15, 0.2) is 5.13 Å². The molecule has 0 aliphatic carbocycles. The van der Waals surface area contributed by atoms with Crippen LogP contribution in [0.4, 0.5) is 5.13 Å². The molecule has 0 aliphatic heterocycles. The summed E-state index contributed by atoms with van der Waals surface area (Å²) < 4.78 is 0. The van der Waals surface area contributed by atoms with Gasteiger partial charge in [0, 0.05) is 17.6 Å². The Balaban J connectivity index is 1.88. The van der Waals surface area contributed by atoms with E-state index in [1.54, 1.807) is 11.3 Å². The first-order chi connectivity index (χ1) is 9.29. The van der Waals surface area contributed by atoms with Crippen LogP contribution in [0.15, 0.2) is 30.5 Å². The number of hydrogen-bond acceptors (Lipinski definition) is 3. The molecular formula is C16H22N2S. The van der Waals surface area contributed by atoms with Crippen molar-refractivity contribution in [3.8, 4) is 0 Å². The highest BCUT2D eigenvalue weighted by Crippen LogP contribution is 2.17. The third-order valence-electron chi connectivity index (χ3n) is 3.21. The summed E-state index contributed by atoms with van der Waals surface area (Å²) in [5.74, 6) is 0. The molecule has 2 aromatic rings. The fraction of sp³-hybridized carbons (Fsp3) is 0.438. The van der Waals surface area contributed by atoms with Crippen molar-refractivity contribution in [2.24, 2.45) is 0 Å². The van der Waals surface area contributed by atoms with E-state index >= 15 is 0 Å². The Bertz CT molecular complexity index is 505. The molecule has 0 atom stereocenters. The number of aryl methyl sites for hydroxylation is 2. The molecule has 2 rings (SSSR count). The van der Waals surface area contributed by atoms with Crippen LogP contribution >= 0.6 is 11.3 Å². The van der Waals surface area contributed by atoms with Crippen LogP contribution in [0.3, 0.4) is 0 Å². The lowest BCUT2D eigenvalue weighted by molar-refractivity contribution is 0.785. The van der Waals surface area contributed by atoms with Crippen molar-refractivity contribution in [2.75, 3.05) is 11.9 Å². The van der Waals surface area contributed by atoms with Crippen molar-refractivity contribution < 1.29 is 0 Å². The Hall–Kier alpha value is -1.35. The van der Waals surface area contributed by atoms with Crippen LogP contribution in [0, 0.1) is 6.92 Å². The number of nitrogens with zero attached hydrogens (tertiary/aromatic N) is 1. The van der Waals surface area contributed by atoms with Crippen molar-refractivity contribution in [3.63, 3.8) is 0 Å². The first-order valence-corrected chi connectivity index (χ1v) is 7.84. The van der Waals surface area contributed by atoms with Gasteiger partial charge in [-0.05, 0) is 37.3 Å². The topological polar surface area (TPSA) is 24.9 Å². The number of hydrogen-bond donors (Lipinski definition) is 1. The SMILES string of the molecule is CCCCc1ccccc1CCNc1ncc(C)s1. The van der Waals surface area contributed by atoms with Gasteiger partial charge in [-0.2, -0.15) is 0 Å². The Morgan fingerprint density at radius 3 is 2.53 bits per heavy atom. The van der Waals surface area contributed by atoms with E-state index in [4.69, 9.17) is 0 Å². The Morgan fingerprint density at radius 1 is 1.16 bits per heavy atom. The van der Waals surface area contributed by atoms with Crippen molar-refractivity contribution in [2.45, 2.75) is 39.5 Å². The maximum atomic E-state index is 4.33. The maximum absolute atomic E-state index is 4.33. The molecule has 102 valence electrons. The van der Waals surface area contributed by atoms with Gasteiger partial charge in [0.2, 0.25) is 0 Å². The number of aromatic nitrogens is 1. The second-order valence-electron chi connectivity index (χ2n) is 4.83. The highest BCUT2D eigenvalue weighted by molar-refractivity contribution is 7.15. The minimum Gasteiger partial charge on any atom is -0.361 e. The Morgan fingerprint density at radius 2 is 1.89 bits per heavy atom. The molecule has 1 heterocycles. The van der Waals surface area contributed by atoms with Gasteiger partial charge in [0.25, 0.3) is 0 Å². The van der Waals surface area contributed by atoms with Gasteiger partial charge < -0.3 is 5.32 Å². The molecule has 0 radical (unpaired) electrons. The van der Waals surface area contributed by atoms with Crippen LogP contribution in [0.25, 0.3) is 0 Å². The van der Waals surface area contributed by atoms with Crippen molar-refractivity contribution in [3.05, 3.63) is 46.5 Å². The third-order valence-corrected chi connectivity index (χ3v) is 4.08. The smallest absolute Gasteiger partial charge is 0.182 e. The van der Waals surface area contributed by atoms with E-state index in [0.29, 0.717) is 0 Å². The second-order valence-corrected chi connectivity index (χ2v) is 6.06. The van der Waals surface area contributed by atoms with E-state index in [-0.39, 0.29) is 0 Å². The number of thiazole rings is 1. The van der Waals surface area contributed by atoms with Gasteiger partial charge in [-0.3, -0.25) is 0 Å². The average molecular weight is 274 g/mol. The molecule has 0 saturated heterocycles. The van der Waals surface area contributed by atoms with E-state index < -0.39 is 0 Å². The first kappa shape index (κ1) is 14.1. The summed E-state index contributed by atoms with van der Waals surface area (Å²) in [7, 11) is 0. The minimum absolute atomic E-state index is 0.954. The molecular weight excluding hydrogens is 252 g/mol. The van der Waals surface area contributed by atoms with Crippen LogP contribution in [-0.4, -0.2) is 11.5 Å². The van der Waals surface area contributed by atoms with Crippen molar-refractivity contribution in [1.82, 2.24) is 4.98 Å². The monoisotopic (exact) mass is 274 g/mol. The lowest BCUT2D eigenvalue weighted by Gasteiger charge is -2.09. The zero-order chi connectivity index (χ0) is 13.5. The van der Waals surface area contributed by atoms with Gasteiger partial charge in [-0.25, -0.2) is 4.98 Å². The summed E-state index contributed by atoms with van der Waals surface area (Å²) in [6.07, 6.45) is 6.71. The number of anilines is 1. The zero-order valence-electron chi connectivity index (χ0n) is 11.8. The molecule has 0 spiro atoms. The normalized spacial score (nSPS) is 10.6. The standard InChI is InChI=1S/C16H22N2S/c1-3-4-7-14-8-5-6-9-15(14)10-11-17-16-18-12-13(2)19-16/h5-6,8-9,12H,3-4,7,10-11H2,1-2H3,(H,17,18). The van der Waals surface area contributed by atoms with Gasteiger partial charge in [-0.15, -0.1) is 11.3 Å². The summed E-state index contributed by atoms with van der Waals surface area (Å²) in [5.41, 5.74) is 2.97. The van der Waals surface area contributed by atoms with E-state index in [0.717, 1.165) is 18.1 Å². The van der Waals surface area contributed by atoms with Gasteiger partial charge in [-0.1, -0.05) is 37.6 Å². The summed E-state index contributed by atoms with van der Waals surface area (Å²) >= 11 is 1.72. The van der Waals surface area contributed by atoms with Crippen LogP contribution in [0.1, 0.15) is 35.8 Å². The molecule has 19 heavy (non-hydrogen) atoms. The predicted octanol–water partition coefficient (Wildman–Crippen LogP) is 4.45. The third kappa shape index (κ3) is 4.35. The summed E-state index contributed by atoms with van der Waals surface area (Å²) in [6.45, 7) is 5.29. The molecule has 3 heteroatoms. The van der Waals surface area contributed by atoms with Gasteiger partial charge in [0.05, 0.1) is 0 Å². The van der Waals surface area contributed by atoms with Gasteiger partial charge in [0.1, 0.15) is 0 Å². The van der Waals surface area contributed by atoms with Crippen LogP contribution in [0.5, 0.6) is 0 Å². The molecule has 0 unspecified atom stereocenters. The van der Waals surface area contributed by atoms with E-state index in [1.807, 2.05) is 6.20 Å². The maximum Gasteiger partial charge on any atom is 0.182 e. The summed E-state index contributed by atoms with van der Waals surface area (Å²) in [6, 6.07) is 8.79. The minimum atomic E-state index is 0.954. The van der Waals surface area contributed by atoms with E-state index in [9.17, 15) is 0 Å². The average Bonchev–Trinajstić information content (AvgIpc) is 2.83. The Kier molecular flexibility index (Phi) is 5.40. The summed E-state index contributed by atoms with van der Waals surface area (Å²) in [5, 5.41) is 4.44. The highest BCUT2D eigenvalue weighted by Gasteiger charge is 2.02. The highest BCUT2D eigenvalue weighted by atomic mass is 32.1. The molecule has 0 aliphatic rings. The predicted molar refractivity (Wildman–Crippen MR) is 84.1 cm³/mol. The number of unbranched alkanes of at least 4 members (excludes halogenated alkanes) is 1. The first-order valence-electron chi connectivity index (χ1n) is 7.02. The number of rotatable bonds is 7. The largest absolute Gasteiger partial charge is 0.361 e. The molecule has 1 aromatic carbocycles. The lowest BCUT2D eigenvalue weighted by atomic mass is 10.00. The molecule has 0 fully saturated rings. The fourth-order valence-corrected chi connectivity index (χ4v) is 2.84. The van der Waals surface area contributed by atoms with Crippen LogP contribution in [0.2, 0.25) is 0 Å². The fourth-order valence-electron chi connectivity index (χ4n) is 2.15. The number of benzene rings is 1. The quantitative estimate of drug-likeness (QED) is 0.807. The summed E-state index contributed by atoms with van der Waals surface area (Å²) in [4.78, 5) is 5.58. The molecule has 1 N–H and O–H groups in total. The van der Waals surface area contributed by atoms with Crippen LogP contribution in [-0.2, 0) is 12.8 Å². The van der Waals surface area contributed by atoms with Gasteiger partial charge >= 0.3 is 0 Å². The molecule has 1 aromatic heterocycles. The molecule has 0 bridgehead atoms. The lowest BCUT2D eigenvalue weighted by Crippen LogP contribution is -2.06. The Labute approximate surface area is 119 Å². The molecule has 0 amide bonds. The molecule has 0 saturated carbocycles.